The van der Waals surface area contributed by atoms with Crippen molar-refractivity contribution in [2.24, 2.45) is 0 Å². The zero-order valence-electron chi connectivity index (χ0n) is 9.86. The first kappa shape index (κ1) is 11.2. The molecule has 1 N–H and O–H groups in total. The third kappa shape index (κ3) is 1.98. The minimum atomic E-state index is -0.399. The number of para-hydroxylation sites is 1. The summed E-state index contributed by atoms with van der Waals surface area (Å²) in [6.45, 7) is 4.05. The molecule has 0 spiro atoms. The Morgan fingerprint density at radius 1 is 1.31 bits per heavy atom. The monoisotopic (exact) mass is 218 g/mol. The van der Waals surface area contributed by atoms with E-state index in [-0.39, 0.29) is 0 Å². The average Bonchev–Trinajstić information content (AvgIpc) is 2.62. The van der Waals surface area contributed by atoms with E-state index in [1.807, 2.05) is 31.2 Å². The molecule has 2 nitrogen and oxygen atoms in total. The van der Waals surface area contributed by atoms with Crippen molar-refractivity contribution >= 4 is 11.0 Å². The predicted octanol–water partition coefficient (Wildman–Crippen LogP) is 3.96. The van der Waals surface area contributed by atoms with Gasteiger partial charge in [0.2, 0.25) is 0 Å². The van der Waals surface area contributed by atoms with Crippen LogP contribution in [-0.4, -0.2) is 5.11 Å². The van der Waals surface area contributed by atoms with Crippen molar-refractivity contribution < 1.29 is 9.52 Å². The van der Waals surface area contributed by atoms with Gasteiger partial charge in [0.05, 0.1) is 6.10 Å². The maximum Gasteiger partial charge on any atom is 0.134 e. The maximum absolute atomic E-state index is 10.2. The Hall–Kier alpha value is -1.28. The summed E-state index contributed by atoms with van der Waals surface area (Å²) in [6, 6.07) is 7.88. The molecule has 0 aliphatic carbocycles. The Balaban J connectivity index is 2.38. The van der Waals surface area contributed by atoms with Crippen LogP contribution in [0, 0.1) is 6.92 Å². The number of rotatable bonds is 4. The van der Waals surface area contributed by atoms with Crippen LogP contribution in [-0.2, 0) is 0 Å². The van der Waals surface area contributed by atoms with E-state index in [0.29, 0.717) is 0 Å². The van der Waals surface area contributed by atoms with Gasteiger partial charge in [-0.25, -0.2) is 0 Å². The summed E-state index contributed by atoms with van der Waals surface area (Å²) in [5.74, 6) is 0.838. The lowest BCUT2D eigenvalue weighted by atomic mass is 10.0. The second-order valence-electron chi connectivity index (χ2n) is 4.23. The quantitative estimate of drug-likeness (QED) is 0.842. The molecule has 2 heteroatoms. The van der Waals surface area contributed by atoms with Crippen LogP contribution < -0.4 is 0 Å². The highest BCUT2D eigenvalue weighted by atomic mass is 16.3. The van der Waals surface area contributed by atoms with Crippen LogP contribution in [0.5, 0.6) is 0 Å². The van der Waals surface area contributed by atoms with E-state index in [1.165, 1.54) is 0 Å². The zero-order valence-corrected chi connectivity index (χ0v) is 9.86. The van der Waals surface area contributed by atoms with Gasteiger partial charge < -0.3 is 9.52 Å². The van der Waals surface area contributed by atoms with Gasteiger partial charge in [-0.3, -0.25) is 0 Å². The molecule has 86 valence electrons. The van der Waals surface area contributed by atoms with E-state index < -0.39 is 6.10 Å². The van der Waals surface area contributed by atoms with Crippen LogP contribution in [0.15, 0.2) is 28.7 Å². The topological polar surface area (TPSA) is 33.4 Å². The van der Waals surface area contributed by atoms with Gasteiger partial charge in [-0.15, -0.1) is 0 Å². The highest BCUT2D eigenvalue weighted by Gasteiger charge is 2.17. The Bertz CT molecular complexity index is 471. The molecule has 2 rings (SSSR count). The van der Waals surface area contributed by atoms with Crippen molar-refractivity contribution in [2.45, 2.75) is 39.2 Å². The number of aryl methyl sites for hydroxylation is 1. The normalized spacial score (nSPS) is 13.2. The lowest BCUT2D eigenvalue weighted by Gasteiger charge is -2.09. The van der Waals surface area contributed by atoms with Crippen LogP contribution in [0.3, 0.4) is 0 Å². The summed E-state index contributed by atoms with van der Waals surface area (Å²) in [4.78, 5) is 0. The van der Waals surface area contributed by atoms with Gasteiger partial charge in [-0.1, -0.05) is 38.0 Å². The molecule has 1 unspecified atom stereocenters. The van der Waals surface area contributed by atoms with Gasteiger partial charge >= 0.3 is 0 Å². The first-order chi connectivity index (χ1) is 7.74. The van der Waals surface area contributed by atoms with Crippen molar-refractivity contribution in [2.75, 3.05) is 0 Å². The van der Waals surface area contributed by atoms with Crippen molar-refractivity contribution in [3.05, 3.63) is 35.6 Å². The number of fused-ring (bicyclic) bond motifs is 1. The zero-order chi connectivity index (χ0) is 11.5. The van der Waals surface area contributed by atoms with Gasteiger partial charge in [-0.2, -0.15) is 0 Å². The molecule has 1 aromatic heterocycles. The minimum absolute atomic E-state index is 0.399. The molecule has 0 saturated carbocycles. The molecule has 0 radical (unpaired) electrons. The number of aliphatic hydroxyl groups is 1. The largest absolute Gasteiger partial charge is 0.461 e. The summed E-state index contributed by atoms with van der Waals surface area (Å²) < 4.78 is 5.64. The van der Waals surface area contributed by atoms with E-state index >= 15 is 0 Å². The lowest BCUT2D eigenvalue weighted by Crippen LogP contribution is -1.97. The fourth-order valence-corrected chi connectivity index (χ4v) is 2.14. The van der Waals surface area contributed by atoms with E-state index in [2.05, 4.69) is 6.92 Å². The second-order valence-corrected chi connectivity index (χ2v) is 4.23. The van der Waals surface area contributed by atoms with Crippen LogP contribution in [0.1, 0.15) is 43.6 Å². The fraction of sp³-hybridized carbons (Fsp3) is 0.429. The van der Waals surface area contributed by atoms with Crippen LogP contribution in [0.25, 0.3) is 11.0 Å². The molecule has 16 heavy (non-hydrogen) atoms. The molecule has 0 bridgehead atoms. The van der Waals surface area contributed by atoms with Crippen molar-refractivity contribution in [3.63, 3.8) is 0 Å². The molecule has 0 aliphatic heterocycles. The van der Waals surface area contributed by atoms with Gasteiger partial charge in [0.15, 0.2) is 0 Å². The Labute approximate surface area is 95.9 Å². The Morgan fingerprint density at radius 2 is 2.06 bits per heavy atom. The predicted molar refractivity (Wildman–Crippen MR) is 65.4 cm³/mol. The SMILES string of the molecule is CCCCC(O)c1c(C)oc2ccccc12. The number of hydrogen-bond acceptors (Lipinski definition) is 2. The molecule has 0 amide bonds. The van der Waals surface area contributed by atoms with Crippen LogP contribution in [0.4, 0.5) is 0 Å². The summed E-state index contributed by atoms with van der Waals surface area (Å²) in [6.07, 6.45) is 2.55. The molecule has 1 heterocycles. The van der Waals surface area contributed by atoms with Gasteiger partial charge in [0, 0.05) is 10.9 Å². The Morgan fingerprint density at radius 3 is 2.81 bits per heavy atom. The molecule has 2 aromatic rings. The molecule has 0 saturated heterocycles. The summed E-state index contributed by atoms with van der Waals surface area (Å²) in [7, 11) is 0. The summed E-state index contributed by atoms with van der Waals surface area (Å²) in [5, 5.41) is 11.2. The average molecular weight is 218 g/mol. The maximum atomic E-state index is 10.2. The summed E-state index contributed by atoms with van der Waals surface area (Å²) in [5.41, 5.74) is 1.83. The number of hydrogen-bond donors (Lipinski definition) is 1. The first-order valence-electron chi connectivity index (χ1n) is 5.90. The summed E-state index contributed by atoms with van der Waals surface area (Å²) >= 11 is 0. The van der Waals surface area contributed by atoms with Gasteiger partial charge in [0.1, 0.15) is 11.3 Å². The number of benzene rings is 1. The second kappa shape index (κ2) is 4.71. The molecule has 0 aliphatic rings. The van der Waals surface area contributed by atoms with Crippen LogP contribution >= 0.6 is 0 Å². The van der Waals surface area contributed by atoms with Crippen molar-refractivity contribution in [1.82, 2.24) is 0 Å². The van der Waals surface area contributed by atoms with E-state index in [4.69, 9.17) is 4.42 Å². The molecule has 1 atom stereocenters. The third-order valence-corrected chi connectivity index (χ3v) is 2.98. The molecular weight excluding hydrogens is 200 g/mol. The van der Waals surface area contributed by atoms with Gasteiger partial charge in [0.25, 0.3) is 0 Å². The van der Waals surface area contributed by atoms with Crippen LogP contribution in [0.2, 0.25) is 0 Å². The van der Waals surface area contributed by atoms with Crippen molar-refractivity contribution in [3.8, 4) is 0 Å². The highest BCUT2D eigenvalue weighted by molar-refractivity contribution is 5.82. The van der Waals surface area contributed by atoms with E-state index in [1.54, 1.807) is 0 Å². The minimum Gasteiger partial charge on any atom is -0.461 e. The van der Waals surface area contributed by atoms with E-state index in [0.717, 1.165) is 41.6 Å². The third-order valence-electron chi connectivity index (χ3n) is 2.98. The number of unbranched alkanes of at least 4 members (excludes halogenated alkanes) is 1. The molecule has 0 fully saturated rings. The fourth-order valence-electron chi connectivity index (χ4n) is 2.14. The highest BCUT2D eigenvalue weighted by Crippen LogP contribution is 2.32. The van der Waals surface area contributed by atoms with E-state index in [9.17, 15) is 5.11 Å². The lowest BCUT2D eigenvalue weighted by molar-refractivity contribution is 0.163. The molecule has 1 aromatic carbocycles. The van der Waals surface area contributed by atoms with Crippen molar-refractivity contribution in [1.29, 1.82) is 0 Å². The Kier molecular flexibility index (Phi) is 3.30. The standard InChI is InChI=1S/C14H18O2/c1-3-4-8-12(15)14-10(2)16-13-9-6-5-7-11(13)14/h5-7,9,12,15H,3-4,8H2,1-2H3. The number of furan rings is 1. The van der Waals surface area contributed by atoms with Gasteiger partial charge in [-0.05, 0) is 19.4 Å². The molecular formula is C14H18O2. The number of aliphatic hydroxyl groups excluding tert-OH is 1. The first-order valence-corrected chi connectivity index (χ1v) is 5.90. The smallest absolute Gasteiger partial charge is 0.134 e.